The predicted octanol–water partition coefficient (Wildman–Crippen LogP) is 12.5. The summed E-state index contributed by atoms with van der Waals surface area (Å²) in [4.78, 5) is 57.6. The maximum Gasteiger partial charge on any atom is 0.310 e. The number of ether oxygens (including phenoxy) is 4. The van der Waals surface area contributed by atoms with E-state index in [0.29, 0.717) is 91.3 Å². The summed E-state index contributed by atoms with van der Waals surface area (Å²) in [6, 6.07) is 0. The Labute approximate surface area is 456 Å². The zero-order chi connectivity index (χ0) is 55.3. The predicted molar refractivity (Wildman–Crippen MR) is 310 cm³/mol. The Morgan fingerprint density at radius 1 is 0.803 bits per heavy atom. The second-order valence-electron chi connectivity index (χ2n) is 21.5. The van der Waals surface area contributed by atoms with Crippen LogP contribution in [0.4, 0.5) is 0 Å². The van der Waals surface area contributed by atoms with Gasteiger partial charge in [-0.15, -0.1) is 0 Å². The van der Waals surface area contributed by atoms with Gasteiger partial charge in [-0.1, -0.05) is 105 Å². The maximum absolute atomic E-state index is 14.5. The van der Waals surface area contributed by atoms with Crippen molar-refractivity contribution < 1.29 is 33.3 Å². The summed E-state index contributed by atoms with van der Waals surface area (Å²) in [6.07, 6.45) is 24.0. The van der Waals surface area contributed by atoms with Crippen LogP contribution in [-0.4, -0.2) is 88.2 Å². The number of methoxy groups -OCH3 is 1. The van der Waals surface area contributed by atoms with Gasteiger partial charge >= 0.3 is 11.9 Å². The molecule has 4 atom stereocenters. The molecule has 4 unspecified atom stereocenters. The molecule has 0 aromatic carbocycles. The molecule has 1 amide bonds. The van der Waals surface area contributed by atoms with Crippen molar-refractivity contribution in [3.05, 3.63) is 116 Å². The molecular formula is C63H92N6O7. The van der Waals surface area contributed by atoms with Crippen LogP contribution < -0.4 is 16.0 Å². The van der Waals surface area contributed by atoms with Crippen LogP contribution in [0.25, 0.3) is 0 Å². The van der Waals surface area contributed by atoms with E-state index in [-0.39, 0.29) is 49.7 Å². The third-order valence-corrected chi connectivity index (χ3v) is 15.3. The van der Waals surface area contributed by atoms with Crippen LogP contribution in [0, 0.1) is 29.6 Å². The molecule has 0 radical (unpaired) electrons. The van der Waals surface area contributed by atoms with Gasteiger partial charge in [0.15, 0.2) is 0 Å². The van der Waals surface area contributed by atoms with Crippen LogP contribution in [0.1, 0.15) is 160 Å². The fourth-order valence-corrected chi connectivity index (χ4v) is 10.6. The average Bonchev–Trinajstić information content (AvgIpc) is 4.08. The van der Waals surface area contributed by atoms with Crippen molar-refractivity contribution in [3.8, 4) is 0 Å². The van der Waals surface area contributed by atoms with Crippen molar-refractivity contribution in [2.75, 3.05) is 53.2 Å². The summed E-state index contributed by atoms with van der Waals surface area (Å²) in [5.74, 6) is 0.662. The Balaban J connectivity index is 1.48. The number of amides is 1. The molecular weight excluding hydrogens is 953 g/mol. The van der Waals surface area contributed by atoms with Gasteiger partial charge in [0, 0.05) is 78.9 Å². The van der Waals surface area contributed by atoms with Crippen molar-refractivity contribution in [2.24, 2.45) is 44.6 Å². The highest BCUT2D eigenvalue weighted by molar-refractivity contribution is 6.31. The minimum absolute atomic E-state index is 0.134. The number of aliphatic imine (C=N–C) groups is 3. The number of carbonyl (C=O) groups is 3. The largest absolute Gasteiger partial charge is 0.469 e. The Morgan fingerprint density at radius 3 is 2.14 bits per heavy atom. The highest BCUT2D eigenvalue weighted by atomic mass is 16.5. The van der Waals surface area contributed by atoms with Crippen LogP contribution >= 0.6 is 0 Å². The van der Waals surface area contributed by atoms with E-state index in [4.69, 9.17) is 33.9 Å². The van der Waals surface area contributed by atoms with E-state index >= 15 is 0 Å². The normalized spacial score (nSPS) is 19.9. The highest BCUT2D eigenvalue weighted by Crippen LogP contribution is 2.43. The lowest BCUT2D eigenvalue weighted by Crippen LogP contribution is -2.32. The monoisotopic (exact) mass is 1040 g/mol. The van der Waals surface area contributed by atoms with Gasteiger partial charge in [0.25, 0.3) is 5.91 Å². The lowest BCUT2D eigenvalue weighted by atomic mass is 9.84. The van der Waals surface area contributed by atoms with Crippen LogP contribution in [0.15, 0.2) is 131 Å². The zero-order valence-electron chi connectivity index (χ0n) is 48.4. The number of hydrogen-bond acceptors (Lipinski definition) is 12. The Hall–Kier alpha value is -5.66. The van der Waals surface area contributed by atoms with E-state index < -0.39 is 5.97 Å². The first-order valence-electron chi connectivity index (χ1n) is 28.5. The number of nitrogens with one attached hydrogen (secondary N) is 3. The van der Waals surface area contributed by atoms with Crippen molar-refractivity contribution in [1.29, 1.82) is 0 Å². The number of rotatable bonds is 31. The smallest absolute Gasteiger partial charge is 0.310 e. The van der Waals surface area contributed by atoms with E-state index in [1.54, 1.807) is 0 Å². The summed E-state index contributed by atoms with van der Waals surface area (Å²) in [6.45, 7) is 30.8. The number of esters is 2. The van der Waals surface area contributed by atoms with Crippen LogP contribution in [-0.2, 0) is 33.3 Å². The van der Waals surface area contributed by atoms with E-state index in [1.807, 2.05) is 64.3 Å². The molecule has 5 aliphatic rings. The summed E-state index contributed by atoms with van der Waals surface area (Å²) in [5.41, 5.74) is 11.8. The van der Waals surface area contributed by atoms with Gasteiger partial charge in [-0.05, 0) is 119 Å². The number of carbonyl (C=O) groups excluding carboxylic acids is 3. The summed E-state index contributed by atoms with van der Waals surface area (Å²) in [7, 11) is 1.35. The van der Waals surface area contributed by atoms with Crippen molar-refractivity contribution in [3.63, 3.8) is 0 Å². The van der Waals surface area contributed by atoms with E-state index in [2.05, 4.69) is 71.0 Å². The topological polar surface area (TPSA) is 161 Å². The van der Waals surface area contributed by atoms with E-state index in [9.17, 15) is 14.4 Å². The van der Waals surface area contributed by atoms with Crippen molar-refractivity contribution in [2.45, 2.75) is 160 Å². The molecule has 0 spiro atoms. The van der Waals surface area contributed by atoms with Gasteiger partial charge in [0.1, 0.15) is 6.61 Å². The summed E-state index contributed by atoms with van der Waals surface area (Å²) >= 11 is 0. The first-order chi connectivity index (χ1) is 36.5. The third-order valence-electron chi connectivity index (χ3n) is 15.3. The van der Waals surface area contributed by atoms with E-state index in [1.165, 1.54) is 57.6 Å². The summed E-state index contributed by atoms with van der Waals surface area (Å²) in [5, 5.41) is 10.2. The molecule has 0 aliphatic carbocycles. The third kappa shape index (κ3) is 17.2. The van der Waals surface area contributed by atoms with Gasteiger partial charge in [-0.25, -0.2) is 15.0 Å². The molecule has 13 heteroatoms. The standard InChI is InChI=1S/C63H92N6O7/c1-14-47-44(10)52-36-53-45(11)49(27-28-58(70)76-32-29-43(9)26-20-25-42(8)24-19-23-41(7)22-18-21-40(5)6)61(68-53)50(35-59(71)73-13)62-60(63(72)65-31-34-75-17-4)46(12)54(69-62)37-56-48(15-2)51(39-64-30-33-74-16-3)57(67-56)38-55(47)66-52/h14,29,36-42,45,49,64,68H,1,15-28,30-35H2,2-13H3,(H,65,72)/b43-29?,51-39+,53-36?,54-37?,55-38?,61-50?. The van der Waals surface area contributed by atoms with Crippen LogP contribution in [0.3, 0.4) is 0 Å². The molecule has 13 nitrogen and oxygen atoms in total. The molecule has 0 saturated carbocycles. The number of fused-ring (bicyclic) bond motifs is 5. The average molecular weight is 1050 g/mol. The van der Waals surface area contributed by atoms with Gasteiger partial charge in [0.2, 0.25) is 0 Å². The van der Waals surface area contributed by atoms with Gasteiger partial charge in [0.05, 0.1) is 66.5 Å². The second-order valence-corrected chi connectivity index (χ2v) is 21.5. The molecule has 3 N–H and O–H groups in total. The molecule has 0 aromatic heterocycles. The number of hydrogen-bond donors (Lipinski definition) is 3. The van der Waals surface area contributed by atoms with Crippen LogP contribution in [0.2, 0.25) is 0 Å². The molecule has 416 valence electrons. The molecule has 76 heavy (non-hydrogen) atoms. The fraction of sp³-hybridized carbons (Fsp3) is 0.587. The fourth-order valence-electron chi connectivity index (χ4n) is 10.6. The molecule has 0 aromatic rings. The first kappa shape index (κ1) is 61.2. The Bertz CT molecular complexity index is 2500. The Morgan fingerprint density at radius 2 is 1.49 bits per heavy atom. The van der Waals surface area contributed by atoms with Crippen molar-refractivity contribution in [1.82, 2.24) is 16.0 Å². The van der Waals surface area contributed by atoms with Gasteiger partial charge in [-0.2, -0.15) is 0 Å². The lowest BCUT2D eigenvalue weighted by Gasteiger charge is -2.20. The first-order valence-corrected chi connectivity index (χ1v) is 28.5. The molecule has 1 fully saturated rings. The maximum atomic E-state index is 14.5. The molecule has 5 aliphatic heterocycles. The van der Waals surface area contributed by atoms with Gasteiger partial charge < -0.3 is 34.9 Å². The SMILES string of the molecule is C=CC1=C(C)C2=NC1=CC1=NC(=C(CC)/C1=C\NCCOCC)C=C1N=C(C(CC(=O)OC)=C3NC(=C2)C(C)C3CCC(=O)OCC=C(C)CCCC(C)CCCC(C)CCCC(C)C)C(C(=O)NCCOCC)=C1C. The molecule has 8 bridgehead atoms. The quantitative estimate of drug-likeness (QED) is 0.0349. The lowest BCUT2D eigenvalue weighted by molar-refractivity contribution is -0.143. The Kier molecular flexibility index (Phi) is 24.9. The number of nitrogens with zero attached hydrogens (tertiary/aromatic N) is 3. The van der Waals surface area contributed by atoms with Gasteiger partial charge in [-0.3, -0.25) is 14.4 Å². The second kappa shape index (κ2) is 30.9. The molecule has 1 saturated heterocycles. The highest BCUT2D eigenvalue weighted by Gasteiger charge is 2.40. The van der Waals surface area contributed by atoms with Crippen LogP contribution in [0.5, 0.6) is 0 Å². The molecule has 5 rings (SSSR count). The minimum Gasteiger partial charge on any atom is -0.469 e. The number of allylic oxidation sites excluding steroid dienone is 11. The zero-order valence-corrected chi connectivity index (χ0v) is 48.4. The van der Waals surface area contributed by atoms with Crippen molar-refractivity contribution >= 4 is 35.0 Å². The van der Waals surface area contributed by atoms with E-state index in [0.717, 1.165) is 69.8 Å². The minimum atomic E-state index is -0.498. The summed E-state index contributed by atoms with van der Waals surface area (Å²) < 4.78 is 22.4. The molecule has 5 heterocycles.